The molecule has 5 fully saturated rings. The van der Waals surface area contributed by atoms with Gasteiger partial charge in [0.1, 0.15) is 6.17 Å². The zero-order valence-electron chi connectivity index (χ0n) is 20.2. The van der Waals surface area contributed by atoms with Gasteiger partial charge in [-0.2, -0.15) is 5.10 Å². The number of rotatable bonds is 5. The zero-order chi connectivity index (χ0) is 24.6. The molecule has 10 heteroatoms. The first-order chi connectivity index (χ1) is 17.4. The number of hydrogen-bond donors (Lipinski definition) is 2. The van der Waals surface area contributed by atoms with Crippen molar-refractivity contribution in [3.05, 3.63) is 40.8 Å². The number of piperidine rings is 1. The molecule has 3 aromatic rings. The number of nitrogens with one attached hydrogen (secondary N) is 1. The Morgan fingerprint density at radius 2 is 2.06 bits per heavy atom. The number of benzene rings is 1. The third-order valence-electron chi connectivity index (χ3n) is 8.84. The van der Waals surface area contributed by atoms with Crippen LogP contribution in [0.4, 0.5) is 16.0 Å². The molecule has 36 heavy (non-hydrogen) atoms. The summed E-state index contributed by atoms with van der Waals surface area (Å²) < 4.78 is 22.8. The van der Waals surface area contributed by atoms with Crippen molar-refractivity contribution in [3.8, 4) is 0 Å². The highest BCUT2D eigenvalue weighted by Gasteiger charge is 2.59. The lowest BCUT2D eigenvalue weighted by Gasteiger charge is -2.61. The highest BCUT2D eigenvalue weighted by molar-refractivity contribution is 6.32. The quantitative estimate of drug-likeness (QED) is 0.535. The highest BCUT2D eigenvalue weighted by Crippen LogP contribution is 2.63. The number of ether oxygens (including phenoxy) is 1. The molecule has 2 aliphatic heterocycles. The third kappa shape index (κ3) is 3.55. The molecule has 2 N–H and O–H groups in total. The molecule has 2 saturated heterocycles. The Balaban J connectivity index is 1.12. The molecule has 5 aliphatic rings. The van der Waals surface area contributed by atoms with Gasteiger partial charge in [-0.25, -0.2) is 19.0 Å². The lowest BCUT2D eigenvalue weighted by molar-refractivity contribution is -0.0975. The van der Waals surface area contributed by atoms with Crippen molar-refractivity contribution >= 4 is 34.1 Å². The molecule has 4 atom stereocenters. The van der Waals surface area contributed by atoms with E-state index in [-0.39, 0.29) is 17.5 Å². The largest absolute Gasteiger partial charge is 0.389 e. The third-order valence-corrected chi connectivity index (χ3v) is 9.21. The van der Waals surface area contributed by atoms with E-state index in [2.05, 4.69) is 15.4 Å². The monoisotopic (exact) mass is 512 g/mol. The minimum Gasteiger partial charge on any atom is -0.389 e. The molecule has 4 heterocycles. The predicted octanol–water partition coefficient (Wildman–Crippen LogP) is 3.93. The van der Waals surface area contributed by atoms with Crippen LogP contribution in [0, 0.1) is 12.8 Å². The molecular formula is C26H30ClFN6O2. The Bertz CT molecular complexity index is 1320. The first-order valence-corrected chi connectivity index (χ1v) is 13.2. The number of anilines is 2. The molecule has 2 bridgehead atoms. The van der Waals surface area contributed by atoms with Crippen LogP contribution < -0.4 is 5.32 Å². The molecule has 8 nitrogen and oxygen atoms in total. The van der Waals surface area contributed by atoms with E-state index in [4.69, 9.17) is 21.3 Å². The van der Waals surface area contributed by atoms with Gasteiger partial charge in [0, 0.05) is 24.0 Å². The van der Waals surface area contributed by atoms with Gasteiger partial charge >= 0.3 is 0 Å². The van der Waals surface area contributed by atoms with Crippen LogP contribution in [0.5, 0.6) is 0 Å². The van der Waals surface area contributed by atoms with Crippen LogP contribution in [-0.2, 0) is 10.3 Å². The average molecular weight is 513 g/mol. The molecule has 1 unspecified atom stereocenters. The van der Waals surface area contributed by atoms with E-state index >= 15 is 4.39 Å². The summed E-state index contributed by atoms with van der Waals surface area (Å²) in [4.78, 5) is 11.3. The smallest absolute Gasteiger partial charge is 0.227 e. The van der Waals surface area contributed by atoms with Gasteiger partial charge < -0.3 is 15.2 Å². The fourth-order valence-electron chi connectivity index (χ4n) is 6.69. The minimum absolute atomic E-state index is 0.111. The van der Waals surface area contributed by atoms with Crippen molar-refractivity contribution in [2.45, 2.75) is 62.4 Å². The Labute approximate surface area is 213 Å². The van der Waals surface area contributed by atoms with E-state index in [1.165, 1.54) is 0 Å². The first kappa shape index (κ1) is 22.8. The number of likely N-dealkylation sites (tertiary alicyclic amines) is 1. The van der Waals surface area contributed by atoms with Crippen molar-refractivity contribution in [1.82, 2.24) is 24.6 Å². The number of alkyl halides is 1. The predicted molar refractivity (Wildman–Crippen MR) is 135 cm³/mol. The minimum atomic E-state index is -1.02. The number of hydrogen-bond acceptors (Lipinski definition) is 7. The molecule has 190 valence electrons. The van der Waals surface area contributed by atoms with Crippen molar-refractivity contribution in [2.75, 3.05) is 31.6 Å². The number of halogens is 2. The summed E-state index contributed by atoms with van der Waals surface area (Å²) in [6, 6.07) is 3.93. The fourth-order valence-corrected chi connectivity index (χ4v) is 7.01. The number of aromatic nitrogens is 4. The molecule has 0 spiro atoms. The Hall–Kier alpha value is -2.33. The summed E-state index contributed by atoms with van der Waals surface area (Å²) in [5.41, 5.74) is 3.60. The Morgan fingerprint density at radius 1 is 1.22 bits per heavy atom. The van der Waals surface area contributed by atoms with Crippen LogP contribution in [-0.4, -0.2) is 74.4 Å². The summed E-state index contributed by atoms with van der Waals surface area (Å²) in [7, 11) is 0. The van der Waals surface area contributed by atoms with Gasteiger partial charge in [0.2, 0.25) is 5.95 Å². The fraction of sp³-hybridized carbons (Fsp3) is 0.577. The summed E-state index contributed by atoms with van der Waals surface area (Å²) in [5, 5.41) is 19.4. The van der Waals surface area contributed by atoms with Crippen molar-refractivity contribution in [3.63, 3.8) is 0 Å². The van der Waals surface area contributed by atoms with E-state index in [9.17, 15) is 5.11 Å². The molecule has 2 aromatic heterocycles. The SMILES string of the molecule is Cc1cc2cnc(Nc3cnn(C45CC(C4)C5)c3Cl)nc2cc1[C@H]1CCN([C@@H]2COCC2O)C[C@@H]1F. The topological polar surface area (TPSA) is 88.3 Å². The molecule has 3 aliphatic carbocycles. The Kier molecular flexibility index (Phi) is 5.29. The highest BCUT2D eigenvalue weighted by atomic mass is 35.5. The normalized spacial score (nSPS) is 33.9. The maximum atomic E-state index is 15.5. The standard InChI is InChI=1S/C26H30ClFN6O2/c1-14-4-16-9-29-25(32-21-10-30-34(24(21)27)26-6-15(7-26)8-26)31-20(16)5-18(14)17-2-3-33(11-19(17)28)22-12-36-13-23(22)35/h4-5,9-10,15,17,19,22-23,35H,2-3,6-8,11-13H2,1H3,(H,29,31,32)/t15?,17-,19+,22-,23?,26?/m1/s1. The van der Waals surface area contributed by atoms with E-state index in [0.29, 0.717) is 43.0 Å². The summed E-state index contributed by atoms with van der Waals surface area (Å²) in [6.45, 7) is 3.84. The van der Waals surface area contributed by atoms with Crippen LogP contribution in [0.2, 0.25) is 5.15 Å². The molecule has 8 rings (SSSR count). The summed E-state index contributed by atoms with van der Waals surface area (Å²) >= 11 is 6.66. The maximum Gasteiger partial charge on any atom is 0.227 e. The van der Waals surface area contributed by atoms with Crippen LogP contribution in [0.3, 0.4) is 0 Å². The second kappa shape index (κ2) is 8.34. The van der Waals surface area contributed by atoms with Gasteiger partial charge in [-0.1, -0.05) is 11.6 Å². The van der Waals surface area contributed by atoms with Gasteiger partial charge in [0.25, 0.3) is 0 Å². The molecule has 1 aromatic carbocycles. The summed E-state index contributed by atoms with van der Waals surface area (Å²) in [5.74, 6) is 1.07. The van der Waals surface area contributed by atoms with Gasteiger partial charge in [-0.05, 0) is 68.3 Å². The first-order valence-electron chi connectivity index (χ1n) is 12.8. The number of nitrogens with zero attached hydrogens (tertiary/aromatic N) is 5. The van der Waals surface area contributed by atoms with E-state index in [1.807, 2.05) is 28.6 Å². The van der Waals surface area contributed by atoms with Crippen molar-refractivity contribution in [1.29, 1.82) is 0 Å². The number of aliphatic hydroxyl groups is 1. The number of aryl methyl sites for hydroxylation is 1. The summed E-state index contributed by atoms with van der Waals surface area (Å²) in [6.07, 6.45) is 6.12. The van der Waals surface area contributed by atoms with Gasteiger partial charge in [-0.15, -0.1) is 0 Å². The van der Waals surface area contributed by atoms with Crippen LogP contribution in [0.1, 0.15) is 42.7 Å². The molecule has 0 radical (unpaired) electrons. The van der Waals surface area contributed by atoms with E-state index in [0.717, 1.165) is 53.8 Å². The van der Waals surface area contributed by atoms with Gasteiger partial charge in [-0.3, -0.25) is 4.90 Å². The lowest BCUT2D eigenvalue weighted by atomic mass is 9.50. The van der Waals surface area contributed by atoms with Crippen LogP contribution >= 0.6 is 11.6 Å². The molecule has 3 saturated carbocycles. The number of fused-ring (bicyclic) bond motifs is 1. The Morgan fingerprint density at radius 3 is 2.75 bits per heavy atom. The zero-order valence-corrected chi connectivity index (χ0v) is 21.0. The van der Waals surface area contributed by atoms with Crippen LogP contribution in [0.15, 0.2) is 24.5 Å². The van der Waals surface area contributed by atoms with Crippen LogP contribution in [0.25, 0.3) is 10.9 Å². The van der Waals surface area contributed by atoms with Gasteiger partial charge in [0.15, 0.2) is 5.15 Å². The van der Waals surface area contributed by atoms with Crippen molar-refractivity contribution in [2.24, 2.45) is 5.92 Å². The van der Waals surface area contributed by atoms with Gasteiger partial charge in [0.05, 0.1) is 48.3 Å². The lowest BCUT2D eigenvalue weighted by Crippen LogP contribution is -2.59. The maximum absolute atomic E-state index is 15.5. The number of aliphatic hydroxyl groups excluding tert-OH is 1. The second-order valence-electron chi connectivity index (χ2n) is 11.1. The van der Waals surface area contributed by atoms with E-state index < -0.39 is 12.3 Å². The molecule has 0 amide bonds. The second-order valence-corrected chi connectivity index (χ2v) is 11.5. The molecular weight excluding hydrogens is 483 g/mol. The average Bonchev–Trinajstić information content (AvgIpc) is 3.38. The van der Waals surface area contributed by atoms with E-state index in [1.54, 1.807) is 12.4 Å². The van der Waals surface area contributed by atoms with Crippen molar-refractivity contribution < 1.29 is 14.2 Å².